The van der Waals surface area contributed by atoms with Crippen LogP contribution in [0.5, 0.6) is 0 Å². The number of benzene rings is 1. The molecule has 24 heavy (non-hydrogen) atoms. The van der Waals surface area contributed by atoms with Crippen LogP contribution in [0.15, 0.2) is 18.2 Å². The summed E-state index contributed by atoms with van der Waals surface area (Å²) < 4.78 is 0. The quantitative estimate of drug-likeness (QED) is 0.820. The van der Waals surface area contributed by atoms with Crippen LogP contribution in [-0.4, -0.2) is 58.2 Å². The Morgan fingerprint density at radius 2 is 1.88 bits per heavy atom. The first-order valence-electron chi connectivity index (χ1n) is 7.81. The number of hydrogen-bond acceptors (Lipinski definition) is 4. The molecule has 0 saturated heterocycles. The summed E-state index contributed by atoms with van der Waals surface area (Å²) >= 11 is 0. The maximum atomic E-state index is 12.8. The van der Waals surface area contributed by atoms with Gasteiger partial charge in [-0.3, -0.25) is 24.1 Å². The minimum absolute atomic E-state index is 0.0487. The van der Waals surface area contributed by atoms with Crippen LogP contribution in [0, 0.1) is 5.92 Å². The van der Waals surface area contributed by atoms with E-state index < -0.39 is 17.8 Å². The highest BCUT2D eigenvalue weighted by Gasteiger charge is 2.37. The lowest BCUT2D eigenvalue weighted by Gasteiger charge is -2.24. The van der Waals surface area contributed by atoms with E-state index in [1.54, 1.807) is 11.8 Å². The molecular weight excluding hydrogens is 312 g/mol. The molecule has 1 saturated carbocycles. The largest absolute Gasteiger partial charge is 0.481 e. The molecular formula is C17H18N2O5. The fraction of sp³-hybridized carbons (Fsp3) is 0.412. The predicted octanol–water partition coefficient (Wildman–Crippen LogP) is 1.24. The second-order valence-electron chi connectivity index (χ2n) is 6.36. The number of rotatable bonds is 5. The monoisotopic (exact) mass is 330 g/mol. The van der Waals surface area contributed by atoms with Crippen LogP contribution in [0.3, 0.4) is 0 Å². The van der Waals surface area contributed by atoms with Crippen molar-refractivity contribution in [3.05, 3.63) is 34.9 Å². The van der Waals surface area contributed by atoms with Crippen molar-refractivity contribution in [3.63, 3.8) is 0 Å². The molecule has 1 fully saturated rings. The van der Waals surface area contributed by atoms with Crippen LogP contribution in [0.25, 0.3) is 0 Å². The number of nitrogens with zero attached hydrogens (tertiary/aromatic N) is 2. The molecule has 1 aromatic rings. The van der Waals surface area contributed by atoms with Gasteiger partial charge in [0.1, 0.15) is 0 Å². The first-order valence-corrected chi connectivity index (χ1v) is 7.81. The van der Waals surface area contributed by atoms with Crippen molar-refractivity contribution in [2.75, 3.05) is 13.6 Å². The molecule has 1 atom stereocenters. The molecule has 2 aliphatic rings. The van der Waals surface area contributed by atoms with Crippen LogP contribution < -0.4 is 0 Å². The standard InChI is InChI=1S/C17H18N2O5/c1-9(17(23)24)8-19(11-4-5-11)14(20)10-3-6-12-13(7-10)16(22)18(2)15(12)21/h3,6-7,9,11H,4-5,8H2,1-2H3,(H,23,24). The Kier molecular flexibility index (Phi) is 3.87. The maximum absolute atomic E-state index is 12.8. The number of fused-ring (bicyclic) bond motifs is 1. The number of aliphatic carboxylic acids is 1. The van der Waals surface area contributed by atoms with Gasteiger partial charge >= 0.3 is 5.97 Å². The molecule has 0 radical (unpaired) electrons. The van der Waals surface area contributed by atoms with Crippen molar-refractivity contribution in [3.8, 4) is 0 Å². The Morgan fingerprint density at radius 3 is 2.46 bits per heavy atom. The molecule has 3 amide bonds. The number of carbonyl (C=O) groups excluding carboxylic acids is 3. The smallest absolute Gasteiger partial charge is 0.308 e. The van der Waals surface area contributed by atoms with Crippen molar-refractivity contribution in [1.29, 1.82) is 0 Å². The zero-order chi connectivity index (χ0) is 17.6. The average Bonchev–Trinajstić information content (AvgIpc) is 3.37. The van der Waals surface area contributed by atoms with E-state index >= 15 is 0 Å². The molecule has 7 nitrogen and oxygen atoms in total. The topological polar surface area (TPSA) is 95.0 Å². The summed E-state index contributed by atoms with van der Waals surface area (Å²) in [6, 6.07) is 4.49. The van der Waals surface area contributed by atoms with Gasteiger partial charge in [-0.05, 0) is 31.0 Å². The van der Waals surface area contributed by atoms with Crippen LogP contribution >= 0.6 is 0 Å². The molecule has 1 heterocycles. The normalized spacial score (nSPS) is 17.7. The highest BCUT2D eigenvalue weighted by atomic mass is 16.4. The first-order chi connectivity index (χ1) is 11.3. The molecule has 1 unspecified atom stereocenters. The Bertz CT molecular complexity index is 753. The molecule has 1 N–H and O–H groups in total. The van der Waals surface area contributed by atoms with Crippen LogP contribution in [0.1, 0.15) is 50.8 Å². The van der Waals surface area contributed by atoms with Gasteiger partial charge in [-0.25, -0.2) is 0 Å². The second-order valence-corrected chi connectivity index (χ2v) is 6.36. The SMILES string of the molecule is CC(CN(C(=O)c1ccc2c(c1)C(=O)N(C)C2=O)C1CC1)C(=O)O. The molecule has 0 aromatic heterocycles. The lowest BCUT2D eigenvalue weighted by Crippen LogP contribution is -2.38. The summed E-state index contributed by atoms with van der Waals surface area (Å²) in [5, 5.41) is 9.08. The Balaban J connectivity index is 1.88. The van der Waals surface area contributed by atoms with E-state index in [-0.39, 0.29) is 35.5 Å². The predicted molar refractivity (Wildman–Crippen MR) is 83.7 cm³/mol. The third-order valence-electron chi connectivity index (χ3n) is 4.48. The summed E-state index contributed by atoms with van der Waals surface area (Å²) in [5.74, 6) is -2.74. The number of carbonyl (C=O) groups is 4. The summed E-state index contributed by atoms with van der Waals surface area (Å²) in [6.45, 7) is 1.69. The lowest BCUT2D eigenvalue weighted by atomic mass is 10.0. The fourth-order valence-corrected chi connectivity index (χ4v) is 2.82. The van der Waals surface area contributed by atoms with Gasteiger partial charge in [0.15, 0.2) is 0 Å². The van der Waals surface area contributed by atoms with E-state index in [1.165, 1.54) is 25.2 Å². The van der Waals surface area contributed by atoms with Crippen molar-refractivity contribution in [1.82, 2.24) is 9.80 Å². The van der Waals surface area contributed by atoms with Gasteiger partial charge in [0.2, 0.25) is 0 Å². The molecule has 7 heteroatoms. The minimum Gasteiger partial charge on any atom is -0.481 e. The van der Waals surface area contributed by atoms with Crippen molar-refractivity contribution in [2.45, 2.75) is 25.8 Å². The van der Waals surface area contributed by atoms with Gasteiger partial charge in [0.05, 0.1) is 17.0 Å². The molecule has 3 rings (SSSR count). The fourth-order valence-electron chi connectivity index (χ4n) is 2.82. The number of imide groups is 1. The Hall–Kier alpha value is -2.70. The Morgan fingerprint density at radius 1 is 1.25 bits per heavy atom. The molecule has 1 aliphatic carbocycles. The van der Waals surface area contributed by atoms with Crippen LogP contribution in [0.2, 0.25) is 0 Å². The molecule has 0 bridgehead atoms. The van der Waals surface area contributed by atoms with E-state index in [4.69, 9.17) is 5.11 Å². The zero-order valence-corrected chi connectivity index (χ0v) is 13.5. The third-order valence-corrected chi connectivity index (χ3v) is 4.48. The first kappa shape index (κ1) is 16.2. The average molecular weight is 330 g/mol. The molecule has 1 aromatic carbocycles. The molecule has 0 spiro atoms. The summed E-state index contributed by atoms with van der Waals surface area (Å²) in [4.78, 5) is 50.4. The van der Waals surface area contributed by atoms with Crippen LogP contribution in [0.4, 0.5) is 0 Å². The van der Waals surface area contributed by atoms with E-state index in [2.05, 4.69) is 0 Å². The van der Waals surface area contributed by atoms with Gasteiger partial charge in [-0.2, -0.15) is 0 Å². The molecule has 126 valence electrons. The summed E-state index contributed by atoms with van der Waals surface area (Å²) in [7, 11) is 1.40. The van der Waals surface area contributed by atoms with Crippen molar-refractivity contribution in [2.24, 2.45) is 5.92 Å². The third kappa shape index (κ3) is 2.66. The van der Waals surface area contributed by atoms with Crippen LogP contribution in [-0.2, 0) is 4.79 Å². The number of hydrogen-bond donors (Lipinski definition) is 1. The Labute approximate surface area is 138 Å². The van der Waals surface area contributed by atoms with Gasteiger partial charge in [-0.15, -0.1) is 0 Å². The van der Waals surface area contributed by atoms with Gasteiger partial charge < -0.3 is 10.0 Å². The second kappa shape index (κ2) is 5.74. The van der Waals surface area contributed by atoms with Gasteiger partial charge in [-0.1, -0.05) is 6.92 Å². The number of carboxylic acid groups (broad SMARTS) is 1. The van der Waals surface area contributed by atoms with Gasteiger partial charge in [0.25, 0.3) is 17.7 Å². The zero-order valence-electron chi connectivity index (χ0n) is 13.5. The van der Waals surface area contributed by atoms with Crippen molar-refractivity contribution >= 4 is 23.7 Å². The van der Waals surface area contributed by atoms with Gasteiger partial charge in [0, 0.05) is 25.2 Å². The highest BCUT2D eigenvalue weighted by molar-refractivity contribution is 6.21. The molecule has 1 aliphatic heterocycles. The summed E-state index contributed by atoms with van der Waals surface area (Å²) in [5.41, 5.74) is 0.806. The van der Waals surface area contributed by atoms with E-state index in [9.17, 15) is 19.2 Å². The summed E-state index contributed by atoms with van der Waals surface area (Å²) in [6.07, 6.45) is 1.70. The number of amides is 3. The lowest BCUT2D eigenvalue weighted by molar-refractivity contribution is -0.141. The van der Waals surface area contributed by atoms with E-state index in [0.29, 0.717) is 5.56 Å². The highest BCUT2D eigenvalue weighted by Crippen LogP contribution is 2.30. The van der Waals surface area contributed by atoms with E-state index in [0.717, 1.165) is 17.7 Å². The van der Waals surface area contributed by atoms with Crippen molar-refractivity contribution < 1.29 is 24.3 Å². The number of carboxylic acids is 1. The minimum atomic E-state index is -0.954. The van der Waals surface area contributed by atoms with E-state index in [1.807, 2.05) is 0 Å². The maximum Gasteiger partial charge on any atom is 0.308 e.